The molecule has 0 radical (unpaired) electrons. The molecule has 76 valence electrons. The van der Waals surface area contributed by atoms with Crippen LogP contribution < -0.4 is 11.1 Å². The van der Waals surface area contributed by atoms with Gasteiger partial charge in [0, 0.05) is 29.9 Å². The van der Waals surface area contributed by atoms with Crippen LogP contribution in [-0.4, -0.2) is 12.1 Å². The Morgan fingerprint density at radius 2 is 2.33 bits per heavy atom. The standard InChI is InChI=1S/C11H11N3O/c12-11(15)6-8-1-2-10-9(5-8)7-13-3-4-14-10/h1-5,7,14H,6H2,(H2,12,15). The molecule has 0 saturated heterocycles. The molecule has 1 aromatic rings. The second kappa shape index (κ2) is 3.96. The fourth-order valence-corrected chi connectivity index (χ4v) is 1.46. The maximum atomic E-state index is 10.8. The van der Waals surface area contributed by atoms with Crippen LogP contribution in [0.15, 0.2) is 35.6 Å². The molecule has 1 aromatic carbocycles. The van der Waals surface area contributed by atoms with E-state index in [1.54, 1.807) is 18.6 Å². The number of nitrogens with one attached hydrogen (secondary N) is 1. The highest BCUT2D eigenvalue weighted by Crippen LogP contribution is 2.17. The van der Waals surface area contributed by atoms with Gasteiger partial charge in [-0.2, -0.15) is 0 Å². The normalized spacial score (nSPS) is 12.8. The summed E-state index contributed by atoms with van der Waals surface area (Å²) in [4.78, 5) is 14.8. The van der Waals surface area contributed by atoms with Gasteiger partial charge in [-0.1, -0.05) is 6.07 Å². The molecule has 0 aliphatic carbocycles. The van der Waals surface area contributed by atoms with Gasteiger partial charge < -0.3 is 11.1 Å². The summed E-state index contributed by atoms with van der Waals surface area (Å²) in [5.41, 5.74) is 7.96. The van der Waals surface area contributed by atoms with Gasteiger partial charge in [0.15, 0.2) is 0 Å². The predicted octanol–water partition coefficient (Wildman–Crippen LogP) is 1.03. The van der Waals surface area contributed by atoms with Crippen LogP contribution in [0.4, 0.5) is 5.69 Å². The summed E-state index contributed by atoms with van der Waals surface area (Å²) in [6.45, 7) is 0. The molecule has 2 rings (SSSR count). The second-order valence-corrected chi connectivity index (χ2v) is 3.30. The third-order valence-corrected chi connectivity index (χ3v) is 2.11. The van der Waals surface area contributed by atoms with Crippen molar-refractivity contribution >= 4 is 17.8 Å². The smallest absolute Gasteiger partial charge is 0.221 e. The van der Waals surface area contributed by atoms with Gasteiger partial charge in [-0.3, -0.25) is 9.79 Å². The van der Waals surface area contributed by atoms with Crippen LogP contribution >= 0.6 is 0 Å². The van der Waals surface area contributed by atoms with Gasteiger partial charge in [0.2, 0.25) is 5.91 Å². The number of nitrogens with zero attached hydrogens (tertiary/aromatic N) is 1. The molecule has 15 heavy (non-hydrogen) atoms. The Bertz CT molecular complexity index is 449. The number of hydrogen-bond acceptors (Lipinski definition) is 3. The van der Waals surface area contributed by atoms with Crippen LogP contribution in [-0.2, 0) is 11.2 Å². The van der Waals surface area contributed by atoms with Crippen molar-refractivity contribution in [3.8, 4) is 0 Å². The molecule has 4 nitrogen and oxygen atoms in total. The summed E-state index contributed by atoms with van der Waals surface area (Å²) in [5, 5.41) is 3.08. The Morgan fingerprint density at radius 3 is 3.13 bits per heavy atom. The highest BCUT2D eigenvalue weighted by molar-refractivity contribution is 5.90. The monoisotopic (exact) mass is 201 g/mol. The minimum Gasteiger partial charge on any atom is -0.369 e. The second-order valence-electron chi connectivity index (χ2n) is 3.30. The summed E-state index contributed by atoms with van der Waals surface area (Å²) in [6, 6.07) is 5.70. The number of carbonyl (C=O) groups is 1. The van der Waals surface area contributed by atoms with Crippen LogP contribution in [0, 0.1) is 0 Å². The first-order valence-electron chi connectivity index (χ1n) is 4.62. The Balaban J connectivity index is 2.33. The Kier molecular flexibility index (Phi) is 2.49. The molecule has 0 saturated carbocycles. The number of aliphatic imine (C=N–C) groups is 1. The summed E-state index contributed by atoms with van der Waals surface area (Å²) in [6.07, 6.45) is 5.44. The van der Waals surface area contributed by atoms with Crippen molar-refractivity contribution in [3.63, 3.8) is 0 Å². The van der Waals surface area contributed by atoms with Crippen molar-refractivity contribution in [1.82, 2.24) is 0 Å². The largest absolute Gasteiger partial charge is 0.369 e. The zero-order chi connectivity index (χ0) is 10.7. The van der Waals surface area contributed by atoms with Crippen LogP contribution in [0.3, 0.4) is 0 Å². The number of anilines is 1. The van der Waals surface area contributed by atoms with Gasteiger partial charge in [0.25, 0.3) is 0 Å². The lowest BCUT2D eigenvalue weighted by atomic mass is 10.1. The molecule has 4 heteroatoms. The maximum absolute atomic E-state index is 10.8. The van der Waals surface area contributed by atoms with E-state index in [0.717, 1.165) is 16.8 Å². The molecular formula is C11H11N3O. The Morgan fingerprint density at radius 1 is 1.47 bits per heavy atom. The number of rotatable bonds is 2. The third-order valence-electron chi connectivity index (χ3n) is 2.11. The third kappa shape index (κ3) is 2.22. The zero-order valence-electron chi connectivity index (χ0n) is 8.10. The lowest BCUT2D eigenvalue weighted by Crippen LogP contribution is -2.13. The van der Waals surface area contributed by atoms with Crippen molar-refractivity contribution in [2.45, 2.75) is 6.42 Å². The van der Waals surface area contributed by atoms with E-state index in [1.165, 1.54) is 0 Å². The highest BCUT2D eigenvalue weighted by atomic mass is 16.1. The van der Waals surface area contributed by atoms with E-state index >= 15 is 0 Å². The minimum atomic E-state index is -0.327. The minimum absolute atomic E-state index is 0.258. The van der Waals surface area contributed by atoms with Gasteiger partial charge in [-0.05, 0) is 17.7 Å². The van der Waals surface area contributed by atoms with Crippen LogP contribution in [0.2, 0.25) is 0 Å². The topological polar surface area (TPSA) is 67.5 Å². The molecule has 0 spiro atoms. The Hall–Kier alpha value is -2.10. The predicted molar refractivity (Wildman–Crippen MR) is 59.7 cm³/mol. The van der Waals surface area contributed by atoms with Gasteiger partial charge in [-0.15, -0.1) is 0 Å². The van der Waals surface area contributed by atoms with E-state index in [9.17, 15) is 4.79 Å². The summed E-state index contributed by atoms with van der Waals surface area (Å²) < 4.78 is 0. The molecule has 1 aliphatic rings. The average Bonchev–Trinajstić information content (AvgIpc) is 2.41. The van der Waals surface area contributed by atoms with E-state index in [2.05, 4.69) is 10.3 Å². The van der Waals surface area contributed by atoms with Crippen LogP contribution in [0.25, 0.3) is 0 Å². The number of benzene rings is 1. The first-order valence-corrected chi connectivity index (χ1v) is 4.62. The van der Waals surface area contributed by atoms with E-state index in [4.69, 9.17) is 5.73 Å². The number of amides is 1. The molecule has 1 heterocycles. The SMILES string of the molecule is NC(=O)Cc1ccc2c(c1)C=NC=CN2. The fourth-order valence-electron chi connectivity index (χ4n) is 1.46. The first kappa shape index (κ1) is 9.45. The fraction of sp³-hybridized carbons (Fsp3) is 0.0909. The van der Waals surface area contributed by atoms with Crippen molar-refractivity contribution in [1.29, 1.82) is 0 Å². The van der Waals surface area contributed by atoms with Crippen molar-refractivity contribution in [2.24, 2.45) is 10.7 Å². The lowest BCUT2D eigenvalue weighted by molar-refractivity contribution is -0.117. The van der Waals surface area contributed by atoms with Crippen molar-refractivity contribution in [2.75, 3.05) is 5.32 Å². The number of nitrogens with two attached hydrogens (primary N) is 1. The maximum Gasteiger partial charge on any atom is 0.221 e. The molecule has 0 atom stereocenters. The number of carbonyl (C=O) groups excluding carboxylic acids is 1. The highest BCUT2D eigenvalue weighted by Gasteiger charge is 2.04. The first-order chi connectivity index (χ1) is 7.25. The van der Waals surface area contributed by atoms with E-state index in [1.807, 2.05) is 18.2 Å². The molecular weight excluding hydrogens is 190 g/mol. The number of hydrogen-bond donors (Lipinski definition) is 2. The van der Waals surface area contributed by atoms with E-state index < -0.39 is 0 Å². The molecule has 1 amide bonds. The molecule has 0 fully saturated rings. The summed E-state index contributed by atoms with van der Waals surface area (Å²) in [7, 11) is 0. The summed E-state index contributed by atoms with van der Waals surface area (Å²) in [5.74, 6) is -0.327. The molecule has 0 bridgehead atoms. The lowest BCUT2D eigenvalue weighted by Gasteiger charge is -2.05. The summed E-state index contributed by atoms with van der Waals surface area (Å²) >= 11 is 0. The Labute approximate surface area is 87.5 Å². The number of fused-ring (bicyclic) bond motifs is 1. The average molecular weight is 201 g/mol. The van der Waals surface area contributed by atoms with Gasteiger partial charge in [-0.25, -0.2) is 0 Å². The molecule has 1 aliphatic heterocycles. The zero-order valence-corrected chi connectivity index (χ0v) is 8.10. The molecule has 0 aromatic heterocycles. The van der Waals surface area contributed by atoms with Crippen LogP contribution in [0.5, 0.6) is 0 Å². The van der Waals surface area contributed by atoms with E-state index in [-0.39, 0.29) is 12.3 Å². The van der Waals surface area contributed by atoms with E-state index in [0.29, 0.717) is 0 Å². The van der Waals surface area contributed by atoms with Crippen molar-refractivity contribution < 1.29 is 4.79 Å². The van der Waals surface area contributed by atoms with Gasteiger partial charge in [0.1, 0.15) is 0 Å². The van der Waals surface area contributed by atoms with Crippen molar-refractivity contribution in [3.05, 3.63) is 41.7 Å². The van der Waals surface area contributed by atoms with Crippen LogP contribution in [0.1, 0.15) is 11.1 Å². The van der Waals surface area contributed by atoms with Gasteiger partial charge in [0.05, 0.1) is 6.42 Å². The quantitative estimate of drug-likeness (QED) is 0.750. The molecule has 0 unspecified atom stereocenters. The molecule has 3 N–H and O–H groups in total. The number of primary amides is 1. The van der Waals surface area contributed by atoms with Gasteiger partial charge >= 0.3 is 0 Å².